The van der Waals surface area contributed by atoms with Crippen LogP contribution in [0.25, 0.3) is 0 Å². The van der Waals surface area contributed by atoms with E-state index >= 15 is 0 Å². The van der Waals surface area contributed by atoms with Crippen LogP contribution in [0.5, 0.6) is 0 Å². The summed E-state index contributed by atoms with van der Waals surface area (Å²) in [7, 11) is 0. The summed E-state index contributed by atoms with van der Waals surface area (Å²) < 4.78 is 16.1. The second kappa shape index (κ2) is 7.73. The summed E-state index contributed by atoms with van der Waals surface area (Å²) in [6.07, 6.45) is 2.95. The Bertz CT molecular complexity index is 1020. The molecule has 28 heavy (non-hydrogen) atoms. The molecule has 3 aromatic rings. The topological polar surface area (TPSA) is 51.3 Å². The minimum Gasteiger partial charge on any atom is -0.350 e. The molecule has 0 fully saturated rings. The minimum absolute atomic E-state index is 0.0138. The maximum Gasteiger partial charge on any atom is 0.269 e. The van der Waals surface area contributed by atoms with Gasteiger partial charge in [-0.25, -0.2) is 4.39 Å². The molecule has 1 aliphatic heterocycles. The van der Waals surface area contributed by atoms with Gasteiger partial charge in [0, 0.05) is 48.7 Å². The highest BCUT2D eigenvalue weighted by atomic mass is 35.5. The van der Waals surface area contributed by atoms with Gasteiger partial charge in [-0.05, 0) is 47.9 Å². The van der Waals surface area contributed by atoms with Crippen molar-refractivity contribution in [2.45, 2.75) is 25.6 Å². The Balaban J connectivity index is 1.76. The Kier molecular flexibility index (Phi) is 5.15. The van der Waals surface area contributed by atoms with Crippen LogP contribution in [-0.2, 0) is 13.1 Å². The summed E-state index contributed by atoms with van der Waals surface area (Å²) in [5.41, 5.74) is 2.63. The lowest BCUT2D eigenvalue weighted by Gasteiger charge is -2.31. The molecule has 2 aromatic carbocycles. The number of benzene rings is 2. The first-order chi connectivity index (χ1) is 13.5. The van der Waals surface area contributed by atoms with Crippen LogP contribution >= 0.6 is 11.6 Å². The van der Waals surface area contributed by atoms with E-state index in [1.54, 1.807) is 18.2 Å². The van der Waals surface area contributed by atoms with Crippen LogP contribution in [0.1, 0.15) is 29.3 Å². The van der Waals surface area contributed by atoms with Crippen LogP contribution < -0.4 is 0 Å². The molecule has 7 heteroatoms. The zero-order valence-electron chi connectivity index (χ0n) is 15.1. The van der Waals surface area contributed by atoms with Crippen molar-refractivity contribution < 1.29 is 9.31 Å². The van der Waals surface area contributed by atoms with Crippen molar-refractivity contribution in [1.29, 1.82) is 0 Å². The van der Waals surface area contributed by atoms with Crippen molar-refractivity contribution in [3.8, 4) is 0 Å². The van der Waals surface area contributed by atoms with Crippen LogP contribution in [-0.4, -0.2) is 20.9 Å². The Labute approximate surface area is 167 Å². The van der Waals surface area contributed by atoms with Crippen molar-refractivity contribution >= 4 is 17.3 Å². The van der Waals surface area contributed by atoms with Gasteiger partial charge in [0.2, 0.25) is 0 Å². The molecule has 0 unspecified atom stereocenters. The number of rotatable bonds is 4. The van der Waals surface area contributed by atoms with Crippen LogP contribution in [0, 0.1) is 15.9 Å². The van der Waals surface area contributed by atoms with Gasteiger partial charge in [-0.3, -0.25) is 15.0 Å². The van der Waals surface area contributed by atoms with E-state index in [1.165, 1.54) is 18.2 Å². The summed E-state index contributed by atoms with van der Waals surface area (Å²) >= 11 is 6.34. The third kappa shape index (κ3) is 3.66. The molecule has 144 valence electrons. The number of halogens is 2. The standard InChI is InChI=1S/C21H19ClFN3O2/c22-19-8-7-18(26(27)28)13-16(19)14-25-11-3-10-24-9-2-6-20(24)21(25)15-4-1-5-17(23)12-15/h1-2,4-9,12-13,21H,3,10-11,14H2/t21-/m0/s1. The number of aromatic nitrogens is 1. The van der Waals surface area contributed by atoms with E-state index in [0.717, 1.165) is 30.8 Å². The third-order valence-corrected chi connectivity index (χ3v) is 5.50. The second-order valence-electron chi connectivity index (χ2n) is 6.94. The van der Waals surface area contributed by atoms with E-state index in [9.17, 15) is 14.5 Å². The maximum atomic E-state index is 14.0. The smallest absolute Gasteiger partial charge is 0.269 e. The number of non-ortho nitro benzene ring substituents is 1. The van der Waals surface area contributed by atoms with Gasteiger partial charge in [-0.15, -0.1) is 0 Å². The van der Waals surface area contributed by atoms with Gasteiger partial charge >= 0.3 is 0 Å². The fraction of sp³-hybridized carbons (Fsp3) is 0.238. The summed E-state index contributed by atoms with van der Waals surface area (Å²) in [6, 6.07) is 15.0. The molecule has 4 rings (SSSR count). The van der Waals surface area contributed by atoms with Gasteiger partial charge in [0.1, 0.15) is 5.82 Å². The fourth-order valence-electron chi connectivity index (χ4n) is 3.88. The maximum absolute atomic E-state index is 14.0. The largest absolute Gasteiger partial charge is 0.350 e. The molecule has 1 aliphatic rings. The zero-order chi connectivity index (χ0) is 19.7. The van der Waals surface area contributed by atoms with E-state index in [4.69, 9.17) is 11.6 Å². The molecular formula is C21H19ClFN3O2. The normalized spacial score (nSPS) is 17.1. The number of nitro benzene ring substituents is 1. The number of hydrogen-bond donors (Lipinski definition) is 0. The fourth-order valence-corrected chi connectivity index (χ4v) is 4.06. The Morgan fingerprint density at radius 3 is 2.79 bits per heavy atom. The predicted octanol–water partition coefficient (Wildman–Crippen LogP) is 5.18. The Morgan fingerprint density at radius 1 is 1.14 bits per heavy atom. The second-order valence-corrected chi connectivity index (χ2v) is 7.35. The number of fused-ring (bicyclic) bond motifs is 1. The third-order valence-electron chi connectivity index (χ3n) is 5.13. The predicted molar refractivity (Wildman–Crippen MR) is 106 cm³/mol. The van der Waals surface area contributed by atoms with Crippen molar-refractivity contribution in [3.63, 3.8) is 0 Å². The molecule has 0 radical (unpaired) electrons. The molecule has 1 aromatic heterocycles. The van der Waals surface area contributed by atoms with E-state index in [1.807, 2.05) is 24.4 Å². The molecule has 2 heterocycles. The van der Waals surface area contributed by atoms with Gasteiger partial charge in [0.25, 0.3) is 5.69 Å². The summed E-state index contributed by atoms with van der Waals surface area (Å²) in [4.78, 5) is 13.0. The highest BCUT2D eigenvalue weighted by molar-refractivity contribution is 6.31. The lowest BCUT2D eigenvalue weighted by atomic mass is 10.0. The lowest BCUT2D eigenvalue weighted by Crippen LogP contribution is -2.29. The molecule has 0 amide bonds. The Hall–Kier alpha value is -2.70. The summed E-state index contributed by atoms with van der Waals surface area (Å²) in [6.45, 7) is 2.07. The molecule has 0 bridgehead atoms. The first-order valence-electron chi connectivity index (χ1n) is 9.10. The van der Waals surface area contributed by atoms with Gasteiger partial charge in [-0.2, -0.15) is 0 Å². The number of nitro groups is 1. The first kappa shape index (κ1) is 18.7. The lowest BCUT2D eigenvalue weighted by molar-refractivity contribution is -0.384. The molecular weight excluding hydrogens is 381 g/mol. The van der Waals surface area contributed by atoms with E-state index < -0.39 is 4.92 Å². The molecule has 0 N–H and O–H groups in total. The molecule has 5 nitrogen and oxygen atoms in total. The molecule has 0 saturated heterocycles. The zero-order valence-corrected chi connectivity index (χ0v) is 15.8. The van der Waals surface area contributed by atoms with Gasteiger partial charge in [0.15, 0.2) is 0 Å². The molecule has 0 spiro atoms. The summed E-state index contributed by atoms with van der Waals surface area (Å²) in [5, 5.41) is 11.7. The van der Waals surface area contributed by atoms with Crippen molar-refractivity contribution in [3.05, 3.63) is 98.6 Å². The van der Waals surface area contributed by atoms with Crippen molar-refractivity contribution in [1.82, 2.24) is 9.47 Å². The van der Waals surface area contributed by atoms with Crippen molar-refractivity contribution in [2.75, 3.05) is 6.54 Å². The highest BCUT2D eigenvalue weighted by Gasteiger charge is 2.28. The van der Waals surface area contributed by atoms with E-state index in [0.29, 0.717) is 17.1 Å². The highest BCUT2D eigenvalue weighted by Crippen LogP contribution is 2.34. The quantitative estimate of drug-likeness (QED) is 0.448. The van der Waals surface area contributed by atoms with Crippen LogP contribution in [0.15, 0.2) is 60.8 Å². The number of nitrogens with zero attached hydrogens (tertiary/aromatic N) is 3. The average molecular weight is 400 g/mol. The number of aryl methyl sites for hydroxylation is 1. The number of hydrogen-bond acceptors (Lipinski definition) is 3. The van der Waals surface area contributed by atoms with E-state index in [2.05, 4.69) is 9.47 Å². The minimum atomic E-state index is -0.419. The molecule has 0 aliphatic carbocycles. The SMILES string of the molecule is O=[N+]([O-])c1ccc(Cl)c(CN2CCCn3cccc3[C@@H]2c2cccc(F)c2)c1. The van der Waals surface area contributed by atoms with Crippen molar-refractivity contribution in [2.24, 2.45) is 0 Å². The van der Waals surface area contributed by atoms with Gasteiger partial charge < -0.3 is 4.57 Å². The molecule has 0 saturated carbocycles. The van der Waals surface area contributed by atoms with Gasteiger partial charge in [-0.1, -0.05) is 23.7 Å². The van der Waals surface area contributed by atoms with Crippen LogP contribution in [0.2, 0.25) is 5.02 Å². The first-order valence-corrected chi connectivity index (χ1v) is 9.48. The monoisotopic (exact) mass is 399 g/mol. The summed E-state index contributed by atoms with van der Waals surface area (Å²) in [5.74, 6) is -0.284. The van der Waals surface area contributed by atoms with Gasteiger partial charge in [0.05, 0.1) is 11.0 Å². The van der Waals surface area contributed by atoms with Crippen LogP contribution in [0.3, 0.4) is 0 Å². The van der Waals surface area contributed by atoms with Crippen LogP contribution in [0.4, 0.5) is 10.1 Å². The molecule has 1 atom stereocenters. The Morgan fingerprint density at radius 2 is 2.00 bits per heavy atom. The van der Waals surface area contributed by atoms with E-state index in [-0.39, 0.29) is 17.5 Å². The average Bonchev–Trinajstić information content (AvgIpc) is 3.04.